The molecule has 0 amide bonds. The van der Waals surface area contributed by atoms with Gasteiger partial charge in [0.1, 0.15) is 0 Å². The number of carbonyl (C=O) groups is 1. The molecule has 0 saturated carbocycles. The summed E-state index contributed by atoms with van der Waals surface area (Å²) in [6.07, 6.45) is 0. The van der Waals surface area contributed by atoms with Crippen LogP contribution in [0.4, 0.5) is 0 Å². The molecule has 90 valence electrons. The van der Waals surface area contributed by atoms with Crippen molar-refractivity contribution in [2.45, 2.75) is 26.2 Å². The van der Waals surface area contributed by atoms with Gasteiger partial charge in [0.2, 0.25) is 0 Å². The summed E-state index contributed by atoms with van der Waals surface area (Å²) in [6, 6.07) is 5.20. The smallest absolute Gasteiger partial charge is 0.336 e. The highest BCUT2D eigenvalue weighted by Crippen LogP contribution is 2.31. The van der Waals surface area contributed by atoms with Crippen molar-refractivity contribution in [2.24, 2.45) is 7.05 Å². The fourth-order valence-corrected chi connectivity index (χ4v) is 2.28. The second-order valence-corrected chi connectivity index (χ2v) is 5.23. The van der Waals surface area contributed by atoms with Crippen LogP contribution in [-0.2, 0) is 12.5 Å². The van der Waals surface area contributed by atoms with Crippen LogP contribution in [0.5, 0.6) is 0 Å². The molecule has 0 saturated heterocycles. The average molecular weight is 232 g/mol. The van der Waals surface area contributed by atoms with Gasteiger partial charge in [0, 0.05) is 17.8 Å². The van der Waals surface area contributed by atoms with Gasteiger partial charge >= 0.3 is 5.97 Å². The van der Waals surface area contributed by atoms with Crippen LogP contribution >= 0.6 is 0 Å². The lowest BCUT2D eigenvalue weighted by atomic mass is 9.88. The van der Waals surface area contributed by atoms with Gasteiger partial charge in [0.05, 0.1) is 16.8 Å². The summed E-state index contributed by atoms with van der Waals surface area (Å²) in [7, 11) is 1.85. The first-order chi connectivity index (χ1) is 7.82. The number of fused-ring (bicyclic) bond motifs is 1. The molecule has 1 N–H and O–H groups in total. The van der Waals surface area contributed by atoms with Crippen LogP contribution in [0.25, 0.3) is 10.9 Å². The Kier molecular flexibility index (Phi) is 2.45. The van der Waals surface area contributed by atoms with Crippen LogP contribution in [0.15, 0.2) is 18.2 Å². The Bertz CT molecular complexity index is 591. The van der Waals surface area contributed by atoms with E-state index in [0.29, 0.717) is 5.56 Å². The molecule has 2 aromatic rings. The number of carboxylic acid groups (broad SMARTS) is 1. The van der Waals surface area contributed by atoms with Gasteiger partial charge in [-0.2, -0.15) is 5.10 Å². The van der Waals surface area contributed by atoms with Crippen molar-refractivity contribution in [3.05, 3.63) is 29.5 Å². The number of aromatic carboxylic acids is 1. The normalized spacial score (nSPS) is 12.0. The Morgan fingerprint density at radius 2 is 2.00 bits per heavy atom. The van der Waals surface area contributed by atoms with Crippen molar-refractivity contribution in [3.8, 4) is 0 Å². The molecule has 0 bridgehead atoms. The molecule has 0 radical (unpaired) electrons. The molecule has 1 aromatic heterocycles. The maximum Gasteiger partial charge on any atom is 0.336 e. The third-order valence-corrected chi connectivity index (χ3v) is 2.80. The SMILES string of the molecule is Cn1nc2cccc(C(=O)O)c2c1C(C)(C)C. The number of aryl methyl sites for hydroxylation is 1. The van der Waals surface area contributed by atoms with E-state index >= 15 is 0 Å². The summed E-state index contributed by atoms with van der Waals surface area (Å²) < 4.78 is 1.77. The lowest BCUT2D eigenvalue weighted by Crippen LogP contribution is -2.17. The minimum Gasteiger partial charge on any atom is -0.478 e. The third kappa shape index (κ3) is 1.79. The van der Waals surface area contributed by atoms with E-state index in [2.05, 4.69) is 25.9 Å². The molecule has 0 fully saturated rings. The van der Waals surface area contributed by atoms with Gasteiger partial charge < -0.3 is 5.11 Å². The molecule has 0 unspecified atom stereocenters. The Hall–Kier alpha value is -1.84. The number of nitrogens with zero attached hydrogens (tertiary/aromatic N) is 2. The summed E-state index contributed by atoms with van der Waals surface area (Å²) >= 11 is 0. The van der Waals surface area contributed by atoms with E-state index in [1.807, 2.05) is 13.1 Å². The van der Waals surface area contributed by atoms with Crippen molar-refractivity contribution >= 4 is 16.9 Å². The number of benzene rings is 1. The zero-order chi connectivity index (χ0) is 12.8. The quantitative estimate of drug-likeness (QED) is 0.822. The van der Waals surface area contributed by atoms with E-state index in [-0.39, 0.29) is 5.41 Å². The standard InChI is InChI=1S/C13H16N2O2/c1-13(2,3)11-10-8(12(16)17)6-5-7-9(10)14-15(11)4/h5-7H,1-4H3,(H,16,17). The minimum absolute atomic E-state index is 0.144. The summed E-state index contributed by atoms with van der Waals surface area (Å²) in [5.74, 6) is -0.908. The maximum absolute atomic E-state index is 11.3. The largest absolute Gasteiger partial charge is 0.478 e. The molecule has 1 aromatic carbocycles. The number of aromatic nitrogens is 2. The molecule has 0 atom stereocenters. The summed E-state index contributed by atoms with van der Waals surface area (Å²) in [6.45, 7) is 6.17. The summed E-state index contributed by atoms with van der Waals surface area (Å²) in [5, 5.41) is 14.4. The molecule has 0 aliphatic heterocycles. The fourth-order valence-electron chi connectivity index (χ4n) is 2.28. The molecule has 1 heterocycles. The molecular formula is C13H16N2O2. The zero-order valence-corrected chi connectivity index (χ0v) is 10.5. The number of hydrogen-bond acceptors (Lipinski definition) is 2. The van der Waals surface area contributed by atoms with E-state index in [1.54, 1.807) is 16.8 Å². The van der Waals surface area contributed by atoms with Crippen LogP contribution in [0, 0.1) is 0 Å². The Balaban J connectivity index is 2.92. The van der Waals surface area contributed by atoms with E-state index in [9.17, 15) is 9.90 Å². The van der Waals surface area contributed by atoms with E-state index in [4.69, 9.17) is 0 Å². The average Bonchev–Trinajstić information content (AvgIpc) is 2.51. The third-order valence-electron chi connectivity index (χ3n) is 2.80. The zero-order valence-electron chi connectivity index (χ0n) is 10.5. The van der Waals surface area contributed by atoms with Gasteiger partial charge in [-0.15, -0.1) is 0 Å². The second kappa shape index (κ2) is 3.58. The minimum atomic E-state index is -0.908. The van der Waals surface area contributed by atoms with E-state index in [0.717, 1.165) is 16.6 Å². The molecular weight excluding hydrogens is 216 g/mol. The monoisotopic (exact) mass is 232 g/mol. The highest BCUT2D eigenvalue weighted by Gasteiger charge is 2.25. The van der Waals surface area contributed by atoms with Crippen molar-refractivity contribution in [2.75, 3.05) is 0 Å². The van der Waals surface area contributed by atoms with Gasteiger partial charge in [-0.05, 0) is 12.1 Å². The highest BCUT2D eigenvalue weighted by atomic mass is 16.4. The first-order valence-corrected chi connectivity index (χ1v) is 5.52. The van der Waals surface area contributed by atoms with Crippen LogP contribution in [0.1, 0.15) is 36.8 Å². The van der Waals surface area contributed by atoms with Gasteiger partial charge in [-0.1, -0.05) is 26.8 Å². The van der Waals surface area contributed by atoms with Gasteiger partial charge in [-0.3, -0.25) is 4.68 Å². The fraction of sp³-hybridized carbons (Fsp3) is 0.385. The maximum atomic E-state index is 11.3. The Labute approximate surface area is 99.9 Å². The molecule has 17 heavy (non-hydrogen) atoms. The highest BCUT2D eigenvalue weighted by molar-refractivity contribution is 6.04. The van der Waals surface area contributed by atoms with Gasteiger partial charge in [0.15, 0.2) is 0 Å². The molecule has 0 aliphatic carbocycles. The molecule has 0 spiro atoms. The summed E-state index contributed by atoms with van der Waals surface area (Å²) in [4.78, 5) is 11.3. The molecule has 2 rings (SSSR count). The molecule has 0 aliphatic rings. The number of carboxylic acids is 1. The van der Waals surface area contributed by atoms with Crippen molar-refractivity contribution in [1.82, 2.24) is 9.78 Å². The van der Waals surface area contributed by atoms with Gasteiger partial charge in [-0.25, -0.2) is 4.79 Å². The number of rotatable bonds is 1. The predicted octanol–water partition coefficient (Wildman–Crippen LogP) is 2.57. The molecule has 4 nitrogen and oxygen atoms in total. The van der Waals surface area contributed by atoms with Crippen molar-refractivity contribution in [3.63, 3.8) is 0 Å². The van der Waals surface area contributed by atoms with Crippen LogP contribution in [-0.4, -0.2) is 20.9 Å². The number of hydrogen-bond donors (Lipinski definition) is 1. The Morgan fingerprint density at radius 1 is 1.35 bits per heavy atom. The lowest BCUT2D eigenvalue weighted by Gasteiger charge is -2.19. The second-order valence-electron chi connectivity index (χ2n) is 5.23. The van der Waals surface area contributed by atoms with E-state index in [1.165, 1.54) is 0 Å². The predicted molar refractivity (Wildman–Crippen MR) is 66.4 cm³/mol. The van der Waals surface area contributed by atoms with Crippen LogP contribution in [0.2, 0.25) is 0 Å². The first-order valence-electron chi connectivity index (χ1n) is 5.52. The van der Waals surface area contributed by atoms with Crippen molar-refractivity contribution < 1.29 is 9.90 Å². The Morgan fingerprint density at radius 3 is 2.53 bits per heavy atom. The lowest BCUT2D eigenvalue weighted by molar-refractivity contribution is 0.0699. The van der Waals surface area contributed by atoms with Crippen molar-refractivity contribution in [1.29, 1.82) is 0 Å². The molecule has 4 heteroatoms. The van der Waals surface area contributed by atoms with Gasteiger partial charge in [0.25, 0.3) is 0 Å². The topological polar surface area (TPSA) is 55.1 Å². The van der Waals surface area contributed by atoms with Crippen LogP contribution in [0.3, 0.4) is 0 Å². The first kappa shape index (κ1) is 11.6. The summed E-state index contributed by atoms with van der Waals surface area (Å²) in [5.41, 5.74) is 1.86. The van der Waals surface area contributed by atoms with Crippen LogP contribution < -0.4 is 0 Å². The van der Waals surface area contributed by atoms with E-state index < -0.39 is 5.97 Å².